The maximum Gasteiger partial charge on any atom is 0.325 e. The first-order valence-corrected chi connectivity index (χ1v) is 3.56. The summed E-state index contributed by atoms with van der Waals surface area (Å²) in [6, 6.07) is 1.69. The van der Waals surface area contributed by atoms with Crippen molar-refractivity contribution in [2.75, 3.05) is 6.61 Å². The van der Waals surface area contributed by atoms with Gasteiger partial charge in [-0.25, -0.2) is 0 Å². The van der Waals surface area contributed by atoms with Crippen molar-refractivity contribution >= 4 is 5.97 Å². The van der Waals surface area contributed by atoms with E-state index < -0.39 is 5.97 Å². The monoisotopic (exact) mass is 169 g/mol. The lowest BCUT2D eigenvalue weighted by atomic mass is 10.5. The van der Waals surface area contributed by atoms with E-state index in [1.54, 1.807) is 13.0 Å². The van der Waals surface area contributed by atoms with Crippen molar-refractivity contribution in [3.8, 4) is 6.07 Å². The number of hydrogen-bond acceptors (Lipinski definition) is 4. The van der Waals surface area contributed by atoms with Crippen LogP contribution in [-0.2, 0) is 14.3 Å². The lowest BCUT2D eigenvalue weighted by molar-refractivity contribution is -0.138. The Morgan fingerprint density at radius 1 is 1.67 bits per heavy atom. The molecule has 0 atom stereocenters. The Morgan fingerprint density at radius 3 is 2.83 bits per heavy atom. The normalized spacial score (nSPS) is 10.2. The Bertz CT molecular complexity index is 215. The fourth-order valence-electron chi connectivity index (χ4n) is 0.505. The van der Waals surface area contributed by atoms with E-state index in [0.717, 1.165) is 0 Å². The molecule has 0 unspecified atom stereocenters. The van der Waals surface area contributed by atoms with Gasteiger partial charge in [-0.3, -0.25) is 4.79 Å². The van der Waals surface area contributed by atoms with Gasteiger partial charge >= 0.3 is 5.97 Å². The molecule has 12 heavy (non-hydrogen) atoms. The molecule has 0 saturated carbocycles. The third kappa shape index (κ3) is 5.30. The summed E-state index contributed by atoms with van der Waals surface area (Å²) in [6.07, 6.45) is 1.10. The molecule has 0 N–H and O–H groups in total. The molecule has 0 aromatic carbocycles. The van der Waals surface area contributed by atoms with Crippen LogP contribution in [0.1, 0.15) is 20.3 Å². The van der Waals surface area contributed by atoms with Crippen LogP contribution in [0.15, 0.2) is 12.0 Å². The first-order chi connectivity index (χ1) is 5.70. The fourth-order valence-corrected chi connectivity index (χ4v) is 0.505. The highest BCUT2D eigenvalue weighted by Crippen LogP contribution is 1.98. The van der Waals surface area contributed by atoms with Crippen LogP contribution in [0.2, 0.25) is 0 Å². The number of carbonyl (C=O) groups is 1. The molecular formula is C8H11NO3. The standard InChI is InChI=1S/C8H11NO3/c1-3-11-6-7(2)12-8(10)4-5-9/h6H,3-4H2,1-2H3/b7-6-. The van der Waals surface area contributed by atoms with Crippen LogP contribution in [0.25, 0.3) is 0 Å². The molecule has 0 rings (SSSR count). The number of hydrogen-bond donors (Lipinski definition) is 0. The fraction of sp³-hybridized carbons (Fsp3) is 0.500. The second-order valence-corrected chi connectivity index (χ2v) is 1.99. The van der Waals surface area contributed by atoms with E-state index in [1.165, 1.54) is 6.26 Å². The molecular weight excluding hydrogens is 158 g/mol. The van der Waals surface area contributed by atoms with Crippen LogP contribution < -0.4 is 0 Å². The van der Waals surface area contributed by atoms with E-state index in [0.29, 0.717) is 12.4 Å². The summed E-state index contributed by atoms with van der Waals surface area (Å²) >= 11 is 0. The molecule has 4 nitrogen and oxygen atoms in total. The van der Waals surface area contributed by atoms with Crippen molar-refractivity contribution in [2.45, 2.75) is 20.3 Å². The molecule has 0 aliphatic heterocycles. The minimum atomic E-state index is -0.564. The summed E-state index contributed by atoms with van der Waals surface area (Å²) in [7, 11) is 0. The van der Waals surface area contributed by atoms with Gasteiger partial charge in [-0.2, -0.15) is 5.26 Å². The topological polar surface area (TPSA) is 59.3 Å². The SMILES string of the molecule is CCO/C=C(/C)OC(=O)CC#N. The van der Waals surface area contributed by atoms with Crippen molar-refractivity contribution in [2.24, 2.45) is 0 Å². The van der Waals surface area contributed by atoms with Crippen molar-refractivity contribution in [3.63, 3.8) is 0 Å². The van der Waals surface area contributed by atoms with Crippen molar-refractivity contribution in [3.05, 3.63) is 12.0 Å². The van der Waals surface area contributed by atoms with E-state index >= 15 is 0 Å². The highest BCUT2D eigenvalue weighted by molar-refractivity contribution is 5.72. The number of rotatable bonds is 4. The van der Waals surface area contributed by atoms with Gasteiger partial charge in [0.15, 0.2) is 0 Å². The molecule has 0 aromatic rings. The predicted molar refractivity (Wildman–Crippen MR) is 41.7 cm³/mol. The Morgan fingerprint density at radius 2 is 2.33 bits per heavy atom. The molecule has 0 heterocycles. The quantitative estimate of drug-likeness (QED) is 0.470. The van der Waals surface area contributed by atoms with Crippen LogP contribution in [0.4, 0.5) is 0 Å². The lowest BCUT2D eigenvalue weighted by Crippen LogP contribution is -2.01. The summed E-state index contributed by atoms with van der Waals surface area (Å²) in [5.41, 5.74) is 0. The minimum absolute atomic E-state index is 0.239. The Balaban J connectivity index is 3.76. The molecule has 0 aromatic heterocycles. The third-order valence-corrected chi connectivity index (χ3v) is 0.914. The maximum absolute atomic E-state index is 10.7. The molecule has 0 bridgehead atoms. The average molecular weight is 169 g/mol. The van der Waals surface area contributed by atoms with E-state index in [1.807, 2.05) is 6.92 Å². The summed E-state index contributed by atoms with van der Waals surface area (Å²) in [4.78, 5) is 10.7. The lowest BCUT2D eigenvalue weighted by Gasteiger charge is -2.01. The summed E-state index contributed by atoms with van der Waals surface area (Å²) in [5, 5.41) is 8.12. The molecule has 0 amide bonds. The highest BCUT2D eigenvalue weighted by atomic mass is 16.5. The van der Waals surface area contributed by atoms with Gasteiger partial charge in [0, 0.05) is 0 Å². The highest BCUT2D eigenvalue weighted by Gasteiger charge is 2.01. The van der Waals surface area contributed by atoms with Crippen molar-refractivity contribution in [1.29, 1.82) is 5.26 Å². The van der Waals surface area contributed by atoms with Crippen LogP contribution in [0.3, 0.4) is 0 Å². The molecule has 0 aliphatic carbocycles. The van der Waals surface area contributed by atoms with Gasteiger partial charge in [-0.05, 0) is 13.8 Å². The zero-order valence-electron chi connectivity index (χ0n) is 7.16. The third-order valence-electron chi connectivity index (χ3n) is 0.914. The zero-order chi connectivity index (χ0) is 9.40. The first-order valence-electron chi connectivity index (χ1n) is 3.56. The van der Waals surface area contributed by atoms with Gasteiger partial charge < -0.3 is 9.47 Å². The number of esters is 1. The second kappa shape index (κ2) is 6.23. The number of nitriles is 1. The van der Waals surface area contributed by atoms with Gasteiger partial charge in [-0.1, -0.05) is 0 Å². The molecule has 0 saturated heterocycles. The summed E-state index contributed by atoms with van der Waals surface area (Å²) < 4.78 is 9.52. The molecule has 66 valence electrons. The Hall–Kier alpha value is -1.50. The molecule has 0 aliphatic rings. The van der Waals surface area contributed by atoms with Gasteiger partial charge in [0.2, 0.25) is 0 Å². The Labute approximate surface area is 71.4 Å². The van der Waals surface area contributed by atoms with E-state index in [4.69, 9.17) is 10.00 Å². The Kier molecular flexibility index (Phi) is 5.45. The van der Waals surface area contributed by atoms with Crippen molar-refractivity contribution in [1.82, 2.24) is 0 Å². The zero-order valence-corrected chi connectivity index (χ0v) is 7.16. The number of nitrogens with zero attached hydrogens (tertiary/aromatic N) is 1. The maximum atomic E-state index is 10.7. The van der Waals surface area contributed by atoms with Crippen LogP contribution in [-0.4, -0.2) is 12.6 Å². The van der Waals surface area contributed by atoms with Crippen LogP contribution in [0, 0.1) is 11.3 Å². The molecule has 0 radical (unpaired) electrons. The first kappa shape index (κ1) is 10.5. The second-order valence-electron chi connectivity index (χ2n) is 1.99. The predicted octanol–water partition coefficient (Wildman–Crippen LogP) is 1.34. The summed E-state index contributed by atoms with van der Waals surface area (Å²) in [5.74, 6) is -0.206. The number of carbonyl (C=O) groups excluding carboxylic acids is 1. The van der Waals surface area contributed by atoms with Crippen molar-refractivity contribution < 1.29 is 14.3 Å². The van der Waals surface area contributed by atoms with Crippen LogP contribution in [0.5, 0.6) is 0 Å². The van der Waals surface area contributed by atoms with E-state index in [9.17, 15) is 4.79 Å². The minimum Gasteiger partial charge on any atom is -0.498 e. The van der Waals surface area contributed by atoms with Gasteiger partial charge in [0.1, 0.15) is 18.4 Å². The smallest absolute Gasteiger partial charge is 0.325 e. The molecule has 0 fully saturated rings. The number of ether oxygens (including phenoxy) is 2. The number of allylic oxidation sites excluding steroid dienone is 1. The molecule has 4 heteroatoms. The largest absolute Gasteiger partial charge is 0.498 e. The van der Waals surface area contributed by atoms with Gasteiger partial charge in [-0.15, -0.1) is 0 Å². The van der Waals surface area contributed by atoms with Gasteiger partial charge in [0.05, 0.1) is 12.7 Å². The van der Waals surface area contributed by atoms with E-state index in [2.05, 4.69) is 4.74 Å². The average Bonchev–Trinajstić information content (AvgIpc) is 2.01. The van der Waals surface area contributed by atoms with Gasteiger partial charge in [0.25, 0.3) is 0 Å². The van der Waals surface area contributed by atoms with Crippen LogP contribution >= 0.6 is 0 Å². The summed E-state index contributed by atoms with van der Waals surface area (Å²) in [6.45, 7) is 3.93. The van der Waals surface area contributed by atoms with E-state index in [-0.39, 0.29) is 6.42 Å². The molecule has 0 spiro atoms.